The number of hydrogen-bond acceptors (Lipinski definition) is 4. The first-order chi connectivity index (χ1) is 13.8. The molecule has 2 amide bonds. The molecule has 2 aliphatic heterocycles. The molecule has 2 aliphatic rings. The molecule has 2 fully saturated rings. The standard InChI is InChI=1S/C23H36N4O2/c1-17-7-5-8-18(2)23(17)24-21(28)15-25-11-13-26(14-12-25)16-22(29)27-19(3)9-6-10-20(27)4/h5,7-8,19-20H,6,9-16H2,1-4H3,(H,24,28)/t19-,20+. The summed E-state index contributed by atoms with van der Waals surface area (Å²) in [6.45, 7) is 12.6. The Kier molecular flexibility index (Phi) is 7.30. The Bertz CT molecular complexity index is 697. The average molecular weight is 401 g/mol. The van der Waals surface area contributed by atoms with Gasteiger partial charge in [0.1, 0.15) is 0 Å². The molecule has 0 bridgehead atoms. The van der Waals surface area contributed by atoms with Crippen LogP contribution < -0.4 is 5.32 Å². The number of carbonyl (C=O) groups is 2. The second kappa shape index (κ2) is 9.72. The Morgan fingerprint density at radius 1 is 0.931 bits per heavy atom. The summed E-state index contributed by atoms with van der Waals surface area (Å²) in [4.78, 5) is 31.8. The zero-order valence-corrected chi connectivity index (χ0v) is 18.4. The second-order valence-corrected chi connectivity index (χ2v) is 8.80. The summed E-state index contributed by atoms with van der Waals surface area (Å²) in [6.07, 6.45) is 3.44. The van der Waals surface area contributed by atoms with Crippen LogP contribution in [0.5, 0.6) is 0 Å². The predicted molar refractivity (Wildman–Crippen MR) is 117 cm³/mol. The number of rotatable bonds is 5. The number of nitrogens with one attached hydrogen (secondary N) is 1. The van der Waals surface area contributed by atoms with Crippen molar-refractivity contribution < 1.29 is 9.59 Å². The van der Waals surface area contributed by atoms with Crippen LogP contribution in [-0.2, 0) is 9.59 Å². The molecule has 6 nitrogen and oxygen atoms in total. The number of benzene rings is 1. The van der Waals surface area contributed by atoms with E-state index in [0.717, 1.165) is 55.8 Å². The van der Waals surface area contributed by atoms with Crippen LogP contribution in [0.3, 0.4) is 0 Å². The highest BCUT2D eigenvalue weighted by atomic mass is 16.2. The molecule has 1 N–H and O–H groups in total. The molecule has 0 radical (unpaired) electrons. The van der Waals surface area contributed by atoms with Gasteiger partial charge in [-0.2, -0.15) is 0 Å². The van der Waals surface area contributed by atoms with Crippen molar-refractivity contribution in [2.45, 2.75) is 59.0 Å². The minimum atomic E-state index is 0.0305. The topological polar surface area (TPSA) is 55.9 Å². The summed E-state index contributed by atoms with van der Waals surface area (Å²) in [5.74, 6) is 0.286. The van der Waals surface area contributed by atoms with Crippen LogP contribution in [0.2, 0.25) is 0 Å². The van der Waals surface area contributed by atoms with Gasteiger partial charge in [-0.1, -0.05) is 18.2 Å². The first kappa shape index (κ1) is 21.8. The third-order valence-electron chi connectivity index (χ3n) is 6.42. The Labute approximate surface area is 175 Å². The lowest BCUT2D eigenvalue weighted by molar-refractivity contribution is -0.139. The molecule has 2 atom stereocenters. The van der Waals surface area contributed by atoms with E-state index in [1.807, 2.05) is 32.0 Å². The molecule has 2 saturated heterocycles. The minimum absolute atomic E-state index is 0.0305. The van der Waals surface area contributed by atoms with Crippen molar-refractivity contribution in [2.75, 3.05) is 44.6 Å². The van der Waals surface area contributed by atoms with Crippen molar-refractivity contribution in [3.05, 3.63) is 29.3 Å². The van der Waals surface area contributed by atoms with Gasteiger partial charge in [0.25, 0.3) is 0 Å². The zero-order valence-electron chi connectivity index (χ0n) is 18.4. The number of nitrogens with zero attached hydrogens (tertiary/aromatic N) is 3. The van der Waals surface area contributed by atoms with Gasteiger partial charge in [-0.15, -0.1) is 0 Å². The normalized spacial score (nSPS) is 23.8. The van der Waals surface area contributed by atoms with Crippen molar-refractivity contribution in [1.82, 2.24) is 14.7 Å². The molecular formula is C23H36N4O2. The number of hydrogen-bond donors (Lipinski definition) is 1. The molecule has 160 valence electrons. The molecular weight excluding hydrogens is 364 g/mol. The van der Waals surface area contributed by atoms with E-state index in [1.165, 1.54) is 6.42 Å². The van der Waals surface area contributed by atoms with Crippen molar-refractivity contribution in [1.29, 1.82) is 0 Å². The number of para-hydroxylation sites is 1. The molecule has 0 unspecified atom stereocenters. The van der Waals surface area contributed by atoms with Gasteiger partial charge < -0.3 is 10.2 Å². The number of piperidine rings is 1. The Hall–Kier alpha value is -1.92. The number of aryl methyl sites for hydroxylation is 2. The number of carbonyl (C=O) groups excluding carboxylic acids is 2. The van der Waals surface area contributed by atoms with E-state index < -0.39 is 0 Å². The molecule has 1 aromatic carbocycles. The van der Waals surface area contributed by atoms with E-state index in [0.29, 0.717) is 25.2 Å². The highest BCUT2D eigenvalue weighted by Crippen LogP contribution is 2.23. The van der Waals surface area contributed by atoms with Crippen molar-refractivity contribution in [3.8, 4) is 0 Å². The van der Waals surface area contributed by atoms with Crippen LogP contribution in [0.15, 0.2) is 18.2 Å². The van der Waals surface area contributed by atoms with Crippen LogP contribution in [0, 0.1) is 13.8 Å². The van der Waals surface area contributed by atoms with E-state index in [-0.39, 0.29) is 11.8 Å². The highest BCUT2D eigenvalue weighted by Gasteiger charge is 2.30. The number of anilines is 1. The van der Waals surface area contributed by atoms with E-state index >= 15 is 0 Å². The van der Waals surface area contributed by atoms with Crippen molar-refractivity contribution in [3.63, 3.8) is 0 Å². The number of likely N-dealkylation sites (tertiary alicyclic amines) is 1. The third-order valence-corrected chi connectivity index (χ3v) is 6.42. The van der Waals surface area contributed by atoms with Crippen molar-refractivity contribution in [2.24, 2.45) is 0 Å². The van der Waals surface area contributed by atoms with Gasteiger partial charge in [0.2, 0.25) is 11.8 Å². The largest absolute Gasteiger partial charge is 0.336 e. The van der Waals surface area contributed by atoms with Crippen LogP contribution in [0.4, 0.5) is 5.69 Å². The summed E-state index contributed by atoms with van der Waals surface area (Å²) < 4.78 is 0. The first-order valence-corrected chi connectivity index (χ1v) is 11.0. The van der Waals surface area contributed by atoms with Crippen LogP contribution in [0.25, 0.3) is 0 Å². The van der Waals surface area contributed by atoms with E-state index in [9.17, 15) is 9.59 Å². The van der Waals surface area contributed by atoms with Gasteiger partial charge >= 0.3 is 0 Å². The summed E-state index contributed by atoms with van der Waals surface area (Å²) in [6, 6.07) is 6.74. The maximum absolute atomic E-state index is 12.8. The Morgan fingerprint density at radius 2 is 1.45 bits per heavy atom. The lowest BCUT2D eigenvalue weighted by Crippen LogP contribution is -2.54. The van der Waals surface area contributed by atoms with E-state index in [1.54, 1.807) is 0 Å². The lowest BCUT2D eigenvalue weighted by atomic mass is 9.97. The Morgan fingerprint density at radius 3 is 2.00 bits per heavy atom. The lowest BCUT2D eigenvalue weighted by Gasteiger charge is -2.41. The van der Waals surface area contributed by atoms with Gasteiger partial charge in [-0.3, -0.25) is 19.4 Å². The van der Waals surface area contributed by atoms with Gasteiger partial charge in [0.15, 0.2) is 0 Å². The third kappa shape index (κ3) is 5.58. The summed E-state index contributed by atoms with van der Waals surface area (Å²) in [7, 11) is 0. The van der Waals surface area contributed by atoms with E-state index in [4.69, 9.17) is 0 Å². The van der Waals surface area contributed by atoms with Gasteiger partial charge in [-0.25, -0.2) is 0 Å². The number of amides is 2. The highest BCUT2D eigenvalue weighted by molar-refractivity contribution is 5.93. The summed E-state index contributed by atoms with van der Waals surface area (Å²) >= 11 is 0. The Balaban J connectivity index is 1.44. The quantitative estimate of drug-likeness (QED) is 0.826. The molecule has 29 heavy (non-hydrogen) atoms. The molecule has 0 spiro atoms. The monoisotopic (exact) mass is 400 g/mol. The molecule has 6 heteroatoms. The fourth-order valence-corrected chi connectivity index (χ4v) is 4.69. The molecule has 0 aliphatic carbocycles. The van der Waals surface area contributed by atoms with Crippen LogP contribution >= 0.6 is 0 Å². The smallest absolute Gasteiger partial charge is 0.238 e. The maximum atomic E-state index is 12.8. The zero-order chi connectivity index (χ0) is 21.0. The fourth-order valence-electron chi connectivity index (χ4n) is 4.69. The average Bonchev–Trinajstić information content (AvgIpc) is 2.66. The molecule has 3 rings (SSSR count). The van der Waals surface area contributed by atoms with Gasteiger partial charge in [0.05, 0.1) is 13.1 Å². The van der Waals surface area contributed by atoms with Crippen molar-refractivity contribution >= 4 is 17.5 Å². The second-order valence-electron chi connectivity index (χ2n) is 8.80. The summed E-state index contributed by atoms with van der Waals surface area (Å²) in [5, 5.41) is 3.07. The van der Waals surface area contributed by atoms with Crippen LogP contribution in [-0.4, -0.2) is 77.9 Å². The fraction of sp³-hybridized carbons (Fsp3) is 0.652. The van der Waals surface area contributed by atoms with Crippen LogP contribution in [0.1, 0.15) is 44.2 Å². The number of piperazine rings is 1. The van der Waals surface area contributed by atoms with Gasteiger partial charge in [-0.05, 0) is 58.1 Å². The predicted octanol–water partition coefficient (Wildman–Crippen LogP) is 2.65. The van der Waals surface area contributed by atoms with E-state index in [2.05, 4.69) is 33.9 Å². The molecule has 2 heterocycles. The molecule has 0 saturated carbocycles. The molecule has 1 aromatic rings. The van der Waals surface area contributed by atoms with Gasteiger partial charge in [0, 0.05) is 44.0 Å². The first-order valence-electron chi connectivity index (χ1n) is 11.0. The maximum Gasteiger partial charge on any atom is 0.238 e. The minimum Gasteiger partial charge on any atom is -0.336 e. The molecule has 0 aromatic heterocycles. The SMILES string of the molecule is Cc1cccc(C)c1NC(=O)CN1CCN(CC(=O)N2[C@H](C)CCC[C@@H]2C)CC1. The summed E-state index contributed by atoms with van der Waals surface area (Å²) in [5.41, 5.74) is 3.09.